The number of nitrogens with zero attached hydrogens (tertiary/aromatic N) is 3. The van der Waals surface area contributed by atoms with E-state index in [1.165, 1.54) is 24.5 Å². The molecule has 1 aliphatic rings. The molecule has 2 unspecified atom stereocenters. The van der Waals surface area contributed by atoms with Crippen molar-refractivity contribution in [1.82, 2.24) is 14.8 Å². The van der Waals surface area contributed by atoms with E-state index in [-0.39, 0.29) is 23.7 Å². The number of hydrogen-bond donors (Lipinski definition) is 1. The van der Waals surface area contributed by atoms with E-state index in [4.69, 9.17) is 0 Å². The zero-order valence-corrected chi connectivity index (χ0v) is 12.2. The van der Waals surface area contributed by atoms with Crippen LogP contribution in [0.2, 0.25) is 0 Å². The molecule has 0 saturated heterocycles. The molecule has 3 aromatic rings. The van der Waals surface area contributed by atoms with Crippen LogP contribution in [0.3, 0.4) is 0 Å². The van der Waals surface area contributed by atoms with E-state index in [2.05, 4.69) is 15.4 Å². The molecule has 116 valence electrons. The van der Waals surface area contributed by atoms with Gasteiger partial charge in [0.25, 0.3) is 0 Å². The smallest absolute Gasteiger partial charge is 0.222 e. The van der Waals surface area contributed by atoms with Crippen molar-refractivity contribution in [3.05, 3.63) is 77.6 Å². The SMILES string of the molecule is Fc1ccc(C2CC(c3ccccc3F)n3ncnc3N2)cc1. The number of rotatable bonds is 2. The van der Waals surface area contributed by atoms with Crippen LogP contribution >= 0.6 is 0 Å². The fraction of sp³-hybridized carbons (Fsp3) is 0.176. The van der Waals surface area contributed by atoms with Gasteiger partial charge < -0.3 is 5.32 Å². The minimum atomic E-state index is -0.279. The molecule has 1 aromatic heterocycles. The first-order valence-electron chi connectivity index (χ1n) is 7.38. The summed E-state index contributed by atoms with van der Waals surface area (Å²) in [6.45, 7) is 0. The number of hydrogen-bond acceptors (Lipinski definition) is 3. The summed E-state index contributed by atoms with van der Waals surface area (Å²) < 4.78 is 29.1. The van der Waals surface area contributed by atoms with Gasteiger partial charge in [0.15, 0.2) is 0 Å². The highest BCUT2D eigenvalue weighted by atomic mass is 19.1. The second kappa shape index (κ2) is 5.46. The third-order valence-corrected chi connectivity index (χ3v) is 4.17. The Labute approximate surface area is 131 Å². The monoisotopic (exact) mass is 312 g/mol. The predicted molar refractivity (Wildman–Crippen MR) is 81.9 cm³/mol. The van der Waals surface area contributed by atoms with Gasteiger partial charge in [-0.2, -0.15) is 10.1 Å². The van der Waals surface area contributed by atoms with E-state index in [9.17, 15) is 8.78 Å². The summed E-state index contributed by atoms with van der Waals surface area (Å²) >= 11 is 0. The Morgan fingerprint density at radius 3 is 2.61 bits per heavy atom. The van der Waals surface area contributed by atoms with Crippen LogP contribution in [0.5, 0.6) is 0 Å². The summed E-state index contributed by atoms with van der Waals surface area (Å²) in [5.74, 6) is 0.0379. The van der Waals surface area contributed by atoms with Gasteiger partial charge in [-0.15, -0.1) is 0 Å². The summed E-state index contributed by atoms with van der Waals surface area (Å²) in [4.78, 5) is 4.20. The van der Waals surface area contributed by atoms with Crippen LogP contribution in [0, 0.1) is 11.6 Å². The highest BCUT2D eigenvalue weighted by molar-refractivity contribution is 5.38. The Morgan fingerprint density at radius 1 is 1.04 bits per heavy atom. The van der Waals surface area contributed by atoms with Crippen LogP contribution in [0.4, 0.5) is 14.7 Å². The quantitative estimate of drug-likeness (QED) is 0.784. The molecule has 0 fully saturated rings. The third-order valence-electron chi connectivity index (χ3n) is 4.17. The van der Waals surface area contributed by atoms with E-state index >= 15 is 0 Å². The maximum absolute atomic E-state index is 14.2. The van der Waals surface area contributed by atoms with Crippen LogP contribution < -0.4 is 5.32 Å². The first kappa shape index (κ1) is 13.9. The summed E-state index contributed by atoms with van der Waals surface area (Å²) in [5, 5.41) is 7.49. The van der Waals surface area contributed by atoms with Gasteiger partial charge in [-0.3, -0.25) is 0 Å². The third kappa shape index (κ3) is 2.46. The number of aromatic nitrogens is 3. The predicted octanol–water partition coefficient (Wildman–Crippen LogP) is 3.70. The Hall–Kier alpha value is -2.76. The maximum Gasteiger partial charge on any atom is 0.222 e. The number of benzene rings is 2. The molecule has 0 saturated carbocycles. The number of fused-ring (bicyclic) bond motifs is 1. The first-order chi connectivity index (χ1) is 11.2. The van der Waals surface area contributed by atoms with Gasteiger partial charge in [0, 0.05) is 5.56 Å². The standard InChI is InChI=1S/C17H14F2N4/c18-12-7-5-11(6-8-12)15-9-16(13-3-1-2-4-14(13)19)23-17(22-15)20-10-21-23/h1-8,10,15-16H,9H2,(H,20,21,22). The van der Waals surface area contributed by atoms with E-state index in [0.29, 0.717) is 17.9 Å². The summed E-state index contributed by atoms with van der Waals surface area (Å²) in [6, 6.07) is 12.7. The second-order valence-corrected chi connectivity index (χ2v) is 5.55. The fourth-order valence-electron chi connectivity index (χ4n) is 3.04. The first-order valence-corrected chi connectivity index (χ1v) is 7.38. The van der Waals surface area contributed by atoms with E-state index in [1.807, 2.05) is 6.07 Å². The Bertz CT molecular complexity index is 829. The maximum atomic E-state index is 14.2. The van der Waals surface area contributed by atoms with Gasteiger partial charge in [-0.25, -0.2) is 13.5 Å². The van der Waals surface area contributed by atoms with Gasteiger partial charge in [0.2, 0.25) is 5.95 Å². The molecule has 4 nitrogen and oxygen atoms in total. The average Bonchev–Trinajstić information content (AvgIpc) is 3.04. The summed E-state index contributed by atoms with van der Waals surface area (Å²) in [7, 11) is 0. The Kier molecular flexibility index (Phi) is 3.29. The fourth-order valence-corrected chi connectivity index (χ4v) is 3.04. The molecular weight excluding hydrogens is 298 g/mol. The zero-order chi connectivity index (χ0) is 15.8. The molecule has 1 aliphatic heterocycles. The van der Waals surface area contributed by atoms with Crippen molar-refractivity contribution in [3.8, 4) is 0 Å². The highest BCUT2D eigenvalue weighted by Gasteiger charge is 2.31. The lowest BCUT2D eigenvalue weighted by atomic mass is 9.93. The normalized spacial score (nSPS) is 19.9. The lowest BCUT2D eigenvalue weighted by molar-refractivity contribution is 0.415. The molecule has 23 heavy (non-hydrogen) atoms. The van der Waals surface area contributed by atoms with Crippen LogP contribution in [0.25, 0.3) is 0 Å². The minimum absolute atomic E-state index is 0.0862. The Balaban J connectivity index is 1.75. The number of nitrogens with one attached hydrogen (secondary N) is 1. The van der Waals surface area contributed by atoms with Crippen molar-refractivity contribution >= 4 is 5.95 Å². The number of halogens is 2. The van der Waals surface area contributed by atoms with E-state index in [0.717, 1.165) is 5.56 Å². The lowest BCUT2D eigenvalue weighted by Crippen LogP contribution is -2.28. The molecule has 1 N–H and O–H groups in total. The molecule has 0 spiro atoms. The van der Waals surface area contributed by atoms with Crippen LogP contribution in [-0.4, -0.2) is 14.8 Å². The molecule has 6 heteroatoms. The van der Waals surface area contributed by atoms with Crippen molar-refractivity contribution in [2.24, 2.45) is 0 Å². The van der Waals surface area contributed by atoms with Crippen molar-refractivity contribution in [2.45, 2.75) is 18.5 Å². The zero-order valence-electron chi connectivity index (χ0n) is 12.2. The molecule has 2 aromatic carbocycles. The molecular formula is C17H14F2N4. The van der Waals surface area contributed by atoms with Gasteiger partial charge in [0.1, 0.15) is 18.0 Å². The topological polar surface area (TPSA) is 42.7 Å². The highest BCUT2D eigenvalue weighted by Crippen LogP contribution is 2.37. The van der Waals surface area contributed by atoms with E-state index < -0.39 is 0 Å². The minimum Gasteiger partial charge on any atom is -0.348 e. The molecule has 4 rings (SSSR count). The van der Waals surface area contributed by atoms with Crippen molar-refractivity contribution in [2.75, 3.05) is 5.32 Å². The Morgan fingerprint density at radius 2 is 1.83 bits per heavy atom. The molecule has 2 heterocycles. The molecule has 0 amide bonds. The largest absolute Gasteiger partial charge is 0.348 e. The van der Waals surface area contributed by atoms with Crippen LogP contribution in [0.1, 0.15) is 29.6 Å². The molecule has 0 bridgehead atoms. The second-order valence-electron chi connectivity index (χ2n) is 5.55. The van der Waals surface area contributed by atoms with Crippen LogP contribution in [-0.2, 0) is 0 Å². The number of anilines is 1. The molecule has 0 radical (unpaired) electrons. The average molecular weight is 312 g/mol. The van der Waals surface area contributed by atoms with Crippen LogP contribution in [0.15, 0.2) is 54.9 Å². The van der Waals surface area contributed by atoms with Gasteiger partial charge in [-0.05, 0) is 30.2 Å². The molecule has 2 atom stereocenters. The van der Waals surface area contributed by atoms with Crippen molar-refractivity contribution in [3.63, 3.8) is 0 Å². The van der Waals surface area contributed by atoms with Gasteiger partial charge >= 0.3 is 0 Å². The van der Waals surface area contributed by atoms with Gasteiger partial charge in [0.05, 0.1) is 12.1 Å². The van der Waals surface area contributed by atoms with E-state index in [1.54, 1.807) is 28.9 Å². The lowest BCUT2D eigenvalue weighted by Gasteiger charge is -2.32. The molecule has 0 aliphatic carbocycles. The summed E-state index contributed by atoms with van der Waals surface area (Å²) in [6.07, 6.45) is 2.05. The van der Waals surface area contributed by atoms with Crippen molar-refractivity contribution in [1.29, 1.82) is 0 Å². The van der Waals surface area contributed by atoms with Gasteiger partial charge in [-0.1, -0.05) is 30.3 Å². The van der Waals surface area contributed by atoms with Crippen molar-refractivity contribution < 1.29 is 8.78 Å². The summed E-state index contributed by atoms with van der Waals surface area (Å²) in [5.41, 5.74) is 1.51.